The summed E-state index contributed by atoms with van der Waals surface area (Å²) < 4.78 is 15.7. The van der Waals surface area contributed by atoms with Crippen LogP contribution in [-0.4, -0.2) is 72.9 Å². The quantitative estimate of drug-likeness (QED) is 0.759. The molecule has 1 saturated heterocycles. The molecule has 9 nitrogen and oxygen atoms in total. The van der Waals surface area contributed by atoms with Crippen molar-refractivity contribution in [2.75, 3.05) is 46.2 Å². The number of aromatic nitrogens is 2. The zero-order valence-corrected chi connectivity index (χ0v) is 17.5. The maximum absolute atomic E-state index is 13.2. The number of hydrogen-bond donors (Lipinski definition) is 1. The van der Waals surface area contributed by atoms with Crippen LogP contribution in [-0.2, 0) is 6.42 Å². The molecule has 1 aliphatic heterocycles. The van der Waals surface area contributed by atoms with E-state index in [1.54, 1.807) is 39.3 Å². The van der Waals surface area contributed by atoms with Gasteiger partial charge in [-0.2, -0.15) is 4.98 Å². The Morgan fingerprint density at radius 1 is 1.31 bits per heavy atom. The Morgan fingerprint density at radius 3 is 2.69 bits per heavy atom. The van der Waals surface area contributed by atoms with Crippen molar-refractivity contribution in [3.05, 3.63) is 29.9 Å². The van der Waals surface area contributed by atoms with Crippen molar-refractivity contribution in [1.29, 1.82) is 0 Å². The van der Waals surface area contributed by atoms with Crippen LogP contribution in [0.15, 0.2) is 22.7 Å². The van der Waals surface area contributed by atoms with Crippen molar-refractivity contribution in [1.82, 2.24) is 19.9 Å². The molecule has 9 heteroatoms. The van der Waals surface area contributed by atoms with Gasteiger partial charge in [-0.1, -0.05) is 5.16 Å². The van der Waals surface area contributed by atoms with Gasteiger partial charge in [0.05, 0.1) is 19.9 Å². The lowest BCUT2D eigenvalue weighted by atomic mass is 10.0. The van der Waals surface area contributed by atoms with E-state index in [9.17, 15) is 4.79 Å². The van der Waals surface area contributed by atoms with Gasteiger partial charge in [0.15, 0.2) is 5.82 Å². The fourth-order valence-corrected chi connectivity index (χ4v) is 3.52. The van der Waals surface area contributed by atoms with Crippen LogP contribution in [0.1, 0.15) is 24.6 Å². The first-order valence-corrected chi connectivity index (χ1v) is 9.77. The first-order valence-electron chi connectivity index (χ1n) is 9.77. The van der Waals surface area contributed by atoms with Crippen molar-refractivity contribution >= 4 is 11.7 Å². The molecule has 2 amide bonds. The van der Waals surface area contributed by atoms with Crippen molar-refractivity contribution in [3.63, 3.8) is 0 Å². The van der Waals surface area contributed by atoms with E-state index in [1.807, 2.05) is 4.90 Å². The standard InChI is InChI=1S/C20H29N5O4/c1-14-21-19(23-29-14)9-12-25(15-7-10-24(2)11-8-15)20(26)22-17-13-16(27-3)5-6-18(17)28-4/h5-6,13,15H,7-12H2,1-4H3,(H,22,26). The van der Waals surface area contributed by atoms with E-state index in [1.165, 1.54) is 0 Å². The van der Waals surface area contributed by atoms with Gasteiger partial charge in [0.2, 0.25) is 5.89 Å². The van der Waals surface area contributed by atoms with Crippen LogP contribution in [0.3, 0.4) is 0 Å². The Labute approximate surface area is 171 Å². The number of nitrogens with one attached hydrogen (secondary N) is 1. The van der Waals surface area contributed by atoms with Crippen LogP contribution in [0.5, 0.6) is 11.5 Å². The van der Waals surface area contributed by atoms with Gasteiger partial charge in [0.25, 0.3) is 0 Å². The number of piperidine rings is 1. The predicted octanol–water partition coefficient (Wildman–Crippen LogP) is 2.57. The van der Waals surface area contributed by atoms with Gasteiger partial charge < -0.3 is 29.1 Å². The van der Waals surface area contributed by atoms with Crippen molar-refractivity contribution in [2.45, 2.75) is 32.2 Å². The van der Waals surface area contributed by atoms with E-state index >= 15 is 0 Å². The molecule has 1 aromatic heterocycles. The molecule has 0 spiro atoms. The molecule has 0 radical (unpaired) electrons. The number of nitrogens with zero attached hydrogens (tertiary/aromatic N) is 4. The van der Waals surface area contributed by atoms with Crippen LogP contribution in [0.25, 0.3) is 0 Å². The highest BCUT2D eigenvalue weighted by molar-refractivity contribution is 5.91. The smallest absolute Gasteiger partial charge is 0.322 e. The summed E-state index contributed by atoms with van der Waals surface area (Å²) in [6, 6.07) is 5.30. The summed E-state index contributed by atoms with van der Waals surface area (Å²) in [6.45, 7) is 4.18. The average molecular weight is 403 g/mol. The van der Waals surface area contributed by atoms with Crippen molar-refractivity contribution in [3.8, 4) is 11.5 Å². The molecule has 0 bridgehead atoms. The Balaban J connectivity index is 1.76. The summed E-state index contributed by atoms with van der Waals surface area (Å²) in [5, 5.41) is 6.94. The van der Waals surface area contributed by atoms with Gasteiger partial charge in [0, 0.05) is 32.0 Å². The van der Waals surface area contributed by atoms with E-state index < -0.39 is 0 Å². The zero-order valence-electron chi connectivity index (χ0n) is 17.5. The number of ether oxygens (including phenoxy) is 2. The summed E-state index contributed by atoms with van der Waals surface area (Å²) in [6.07, 6.45) is 2.38. The van der Waals surface area contributed by atoms with E-state index in [0.717, 1.165) is 25.9 Å². The van der Waals surface area contributed by atoms with Gasteiger partial charge >= 0.3 is 6.03 Å². The largest absolute Gasteiger partial charge is 0.497 e. The van der Waals surface area contributed by atoms with Gasteiger partial charge in [-0.15, -0.1) is 0 Å². The molecule has 1 N–H and O–H groups in total. The normalized spacial score (nSPS) is 15.2. The van der Waals surface area contributed by atoms with Gasteiger partial charge in [-0.3, -0.25) is 0 Å². The maximum atomic E-state index is 13.2. The van der Waals surface area contributed by atoms with Crippen LogP contribution >= 0.6 is 0 Å². The highest BCUT2D eigenvalue weighted by atomic mass is 16.5. The number of anilines is 1. The predicted molar refractivity (Wildman–Crippen MR) is 109 cm³/mol. The number of hydrogen-bond acceptors (Lipinski definition) is 7. The topological polar surface area (TPSA) is 93.0 Å². The second kappa shape index (κ2) is 9.60. The van der Waals surface area contributed by atoms with E-state index in [4.69, 9.17) is 14.0 Å². The van der Waals surface area contributed by atoms with Crippen LogP contribution in [0.2, 0.25) is 0 Å². The minimum Gasteiger partial charge on any atom is -0.497 e. The number of aryl methyl sites for hydroxylation is 1. The molecule has 1 fully saturated rings. The van der Waals surface area contributed by atoms with Gasteiger partial charge in [-0.25, -0.2) is 4.79 Å². The minimum atomic E-state index is -0.175. The van der Waals surface area contributed by atoms with E-state index in [-0.39, 0.29) is 12.1 Å². The second-order valence-corrected chi connectivity index (χ2v) is 7.20. The summed E-state index contributed by atoms with van der Waals surface area (Å²) in [5.74, 6) is 2.36. The number of rotatable bonds is 7. The molecule has 1 aromatic carbocycles. The van der Waals surface area contributed by atoms with Crippen molar-refractivity contribution in [2.24, 2.45) is 0 Å². The van der Waals surface area contributed by atoms with E-state index in [0.29, 0.717) is 41.9 Å². The molecule has 2 aromatic rings. The number of urea groups is 1. The lowest BCUT2D eigenvalue weighted by Gasteiger charge is -2.37. The van der Waals surface area contributed by atoms with Gasteiger partial charge in [0.1, 0.15) is 11.5 Å². The molecule has 2 heterocycles. The summed E-state index contributed by atoms with van der Waals surface area (Å²) in [7, 11) is 5.26. The summed E-state index contributed by atoms with van der Waals surface area (Å²) >= 11 is 0. The SMILES string of the molecule is COc1ccc(OC)c(NC(=O)N(CCc2noc(C)n2)C2CCN(C)CC2)c1. The number of likely N-dealkylation sites (tertiary alicyclic amines) is 1. The van der Waals surface area contributed by atoms with Crippen LogP contribution in [0.4, 0.5) is 10.5 Å². The molecule has 0 atom stereocenters. The highest BCUT2D eigenvalue weighted by Gasteiger charge is 2.28. The number of amides is 2. The second-order valence-electron chi connectivity index (χ2n) is 7.20. The first kappa shape index (κ1) is 20.9. The molecule has 3 rings (SSSR count). The molecule has 0 saturated carbocycles. The third kappa shape index (κ3) is 5.38. The number of carbonyl (C=O) groups excluding carboxylic acids is 1. The molecule has 0 unspecified atom stereocenters. The Kier molecular flexibility index (Phi) is 6.92. The Morgan fingerprint density at radius 2 is 2.07 bits per heavy atom. The van der Waals surface area contributed by atoms with Gasteiger partial charge in [-0.05, 0) is 45.1 Å². The first-order chi connectivity index (χ1) is 14.0. The average Bonchev–Trinajstić information content (AvgIpc) is 3.14. The monoisotopic (exact) mass is 403 g/mol. The molecular formula is C20H29N5O4. The summed E-state index contributed by atoms with van der Waals surface area (Å²) in [5.41, 5.74) is 0.574. The maximum Gasteiger partial charge on any atom is 0.322 e. The molecule has 158 valence electrons. The summed E-state index contributed by atoms with van der Waals surface area (Å²) in [4.78, 5) is 21.6. The molecule has 29 heavy (non-hydrogen) atoms. The van der Waals surface area contributed by atoms with Crippen LogP contribution in [0, 0.1) is 6.92 Å². The van der Waals surface area contributed by atoms with Crippen LogP contribution < -0.4 is 14.8 Å². The zero-order chi connectivity index (χ0) is 20.8. The Bertz CT molecular complexity index is 817. The molecule has 1 aliphatic rings. The minimum absolute atomic E-state index is 0.149. The molecule has 0 aliphatic carbocycles. The number of carbonyl (C=O) groups is 1. The highest BCUT2D eigenvalue weighted by Crippen LogP contribution is 2.29. The lowest BCUT2D eigenvalue weighted by molar-refractivity contribution is 0.140. The number of methoxy groups -OCH3 is 2. The fraction of sp³-hybridized carbons (Fsp3) is 0.550. The van der Waals surface area contributed by atoms with Crippen molar-refractivity contribution < 1.29 is 18.8 Å². The third-order valence-corrected chi connectivity index (χ3v) is 5.18. The van der Waals surface area contributed by atoms with E-state index in [2.05, 4.69) is 27.4 Å². The number of benzene rings is 1. The molecular weight excluding hydrogens is 374 g/mol. The Hall–Kier alpha value is -2.81. The lowest BCUT2D eigenvalue weighted by Crippen LogP contribution is -2.49. The fourth-order valence-electron chi connectivity index (χ4n) is 3.52. The third-order valence-electron chi connectivity index (χ3n) is 5.18.